The van der Waals surface area contributed by atoms with Gasteiger partial charge >= 0.3 is 6.09 Å². The number of piperazine rings is 1. The lowest BCUT2D eigenvalue weighted by Crippen LogP contribution is -2.56. The van der Waals surface area contributed by atoms with Crippen molar-refractivity contribution >= 4 is 17.7 Å². The maximum atomic E-state index is 13.4. The number of hydrogen-bond donors (Lipinski definition) is 1. The number of amides is 2. The van der Waals surface area contributed by atoms with Crippen LogP contribution < -0.4 is 10.2 Å². The monoisotopic (exact) mass is 434 g/mol. The molecule has 0 spiro atoms. The molecule has 1 saturated heterocycles. The van der Waals surface area contributed by atoms with Gasteiger partial charge in [-0.25, -0.2) is 4.79 Å². The molecule has 0 aromatic heterocycles. The average Bonchev–Trinajstić information content (AvgIpc) is 2.78. The van der Waals surface area contributed by atoms with Crippen molar-refractivity contribution in [1.29, 1.82) is 5.26 Å². The Balaban J connectivity index is 1.71. The summed E-state index contributed by atoms with van der Waals surface area (Å²) in [4.78, 5) is 29.8. The predicted octanol–water partition coefficient (Wildman–Crippen LogP) is 3.34. The van der Waals surface area contributed by atoms with E-state index >= 15 is 0 Å². The lowest BCUT2D eigenvalue weighted by Gasteiger charge is -2.37. The fourth-order valence-corrected chi connectivity index (χ4v) is 3.70. The van der Waals surface area contributed by atoms with Crippen LogP contribution in [0, 0.1) is 11.3 Å². The van der Waals surface area contributed by atoms with Crippen LogP contribution in [-0.4, -0.2) is 54.7 Å². The van der Waals surface area contributed by atoms with Crippen molar-refractivity contribution in [3.05, 3.63) is 65.7 Å². The van der Waals surface area contributed by atoms with Crippen LogP contribution in [0.1, 0.15) is 31.9 Å². The molecule has 1 aliphatic rings. The molecule has 32 heavy (non-hydrogen) atoms. The number of para-hydroxylation sites is 1. The Morgan fingerprint density at radius 3 is 2.38 bits per heavy atom. The Hall–Kier alpha value is -3.53. The molecule has 1 fully saturated rings. The van der Waals surface area contributed by atoms with Gasteiger partial charge in [0.25, 0.3) is 0 Å². The van der Waals surface area contributed by atoms with Crippen LogP contribution >= 0.6 is 0 Å². The molecule has 0 bridgehead atoms. The van der Waals surface area contributed by atoms with E-state index in [1.54, 1.807) is 43.9 Å². The number of nitrogens with zero attached hydrogens (tertiary/aromatic N) is 3. The van der Waals surface area contributed by atoms with Crippen LogP contribution in [0.3, 0.4) is 0 Å². The third-order valence-corrected chi connectivity index (χ3v) is 5.20. The molecule has 0 saturated carbocycles. The maximum Gasteiger partial charge on any atom is 0.408 e. The first-order valence-corrected chi connectivity index (χ1v) is 10.8. The number of carbonyl (C=O) groups is 2. The molecule has 7 heteroatoms. The second kappa shape index (κ2) is 10.2. The van der Waals surface area contributed by atoms with Gasteiger partial charge < -0.3 is 19.9 Å². The summed E-state index contributed by atoms with van der Waals surface area (Å²) in [5.41, 5.74) is 1.79. The molecule has 1 aliphatic heterocycles. The van der Waals surface area contributed by atoms with Crippen molar-refractivity contribution in [1.82, 2.24) is 10.2 Å². The highest BCUT2D eigenvalue weighted by Gasteiger charge is 2.30. The first-order chi connectivity index (χ1) is 15.2. The van der Waals surface area contributed by atoms with Crippen molar-refractivity contribution in [3.8, 4) is 6.07 Å². The second-order valence-corrected chi connectivity index (χ2v) is 8.86. The van der Waals surface area contributed by atoms with E-state index in [-0.39, 0.29) is 12.3 Å². The number of benzene rings is 2. The van der Waals surface area contributed by atoms with Crippen LogP contribution in [0.4, 0.5) is 10.5 Å². The second-order valence-electron chi connectivity index (χ2n) is 8.86. The molecule has 0 unspecified atom stereocenters. The maximum absolute atomic E-state index is 13.4. The Morgan fingerprint density at radius 2 is 1.75 bits per heavy atom. The zero-order valence-electron chi connectivity index (χ0n) is 18.9. The topological polar surface area (TPSA) is 85.7 Å². The van der Waals surface area contributed by atoms with E-state index in [1.807, 2.05) is 24.3 Å². The number of ether oxygens (including phenoxy) is 1. The van der Waals surface area contributed by atoms with E-state index in [2.05, 4.69) is 28.4 Å². The van der Waals surface area contributed by atoms with Crippen LogP contribution in [0.2, 0.25) is 0 Å². The van der Waals surface area contributed by atoms with Gasteiger partial charge in [0, 0.05) is 38.3 Å². The van der Waals surface area contributed by atoms with E-state index in [9.17, 15) is 14.9 Å². The molecule has 1 N–H and O–H groups in total. The SMILES string of the molecule is CC(C)(C)OC(=O)N[C@@H](Cc1cccc(C#N)c1)C(=O)N1CCN(c2ccccc2)CC1. The number of nitrogens with one attached hydrogen (secondary N) is 1. The van der Waals surface area contributed by atoms with E-state index < -0.39 is 17.7 Å². The summed E-state index contributed by atoms with van der Waals surface area (Å²) < 4.78 is 5.38. The highest BCUT2D eigenvalue weighted by molar-refractivity contribution is 5.86. The summed E-state index contributed by atoms with van der Waals surface area (Å²) in [5.74, 6) is -0.147. The zero-order chi connectivity index (χ0) is 23.1. The molecule has 2 amide bonds. The van der Waals surface area contributed by atoms with E-state index in [0.29, 0.717) is 18.7 Å². The van der Waals surface area contributed by atoms with Crippen molar-refractivity contribution in [3.63, 3.8) is 0 Å². The minimum Gasteiger partial charge on any atom is -0.444 e. The molecular weight excluding hydrogens is 404 g/mol. The molecule has 0 aliphatic carbocycles. The summed E-state index contributed by atoms with van der Waals surface area (Å²) in [6.07, 6.45) is -0.345. The molecule has 3 rings (SSSR count). The first kappa shape index (κ1) is 23.1. The number of nitriles is 1. The summed E-state index contributed by atoms with van der Waals surface area (Å²) >= 11 is 0. The van der Waals surface area contributed by atoms with Crippen LogP contribution in [0.25, 0.3) is 0 Å². The van der Waals surface area contributed by atoms with Gasteiger partial charge in [-0.3, -0.25) is 4.79 Å². The average molecular weight is 435 g/mol. The molecule has 2 aromatic carbocycles. The minimum atomic E-state index is -0.776. The summed E-state index contributed by atoms with van der Waals surface area (Å²) in [5, 5.41) is 11.9. The summed E-state index contributed by atoms with van der Waals surface area (Å²) in [7, 11) is 0. The van der Waals surface area contributed by atoms with Crippen LogP contribution in [0.5, 0.6) is 0 Å². The molecule has 1 heterocycles. The van der Waals surface area contributed by atoms with Crippen molar-refractivity contribution in [2.45, 2.75) is 38.8 Å². The summed E-state index contributed by atoms with van der Waals surface area (Å²) in [6, 6.07) is 18.5. The van der Waals surface area contributed by atoms with Gasteiger partial charge in [0.15, 0.2) is 0 Å². The van der Waals surface area contributed by atoms with Crippen LogP contribution in [0.15, 0.2) is 54.6 Å². The molecule has 2 aromatic rings. The standard InChI is InChI=1S/C25H30N4O3/c1-25(2,3)32-24(31)27-22(17-19-8-7-9-20(16-19)18-26)23(30)29-14-12-28(13-15-29)21-10-5-4-6-11-21/h4-11,16,22H,12-15,17H2,1-3H3,(H,27,31)/t22-/m0/s1. The van der Waals surface area contributed by atoms with E-state index in [1.165, 1.54) is 0 Å². The largest absolute Gasteiger partial charge is 0.444 e. The predicted molar refractivity (Wildman–Crippen MR) is 123 cm³/mol. The number of alkyl carbamates (subject to hydrolysis) is 1. The van der Waals surface area contributed by atoms with Gasteiger partial charge in [0.05, 0.1) is 11.6 Å². The number of rotatable bonds is 5. The van der Waals surface area contributed by atoms with Crippen molar-refractivity contribution in [2.75, 3.05) is 31.1 Å². The van der Waals surface area contributed by atoms with Gasteiger partial charge in [-0.2, -0.15) is 5.26 Å². The lowest BCUT2D eigenvalue weighted by atomic mass is 10.0. The van der Waals surface area contributed by atoms with Crippen molar-refractivity contribution < 1.29 is 14.3 Å². The quantitative estimate of drug-likeness (QED) is 0.780. The van der Waals surface area contributed by atoms with E-state index in [4.69, 9.17) is 4.74 Å². The fraction of sp³-hybridized carbons (Fsp3) is 0.400. The van der Waals surface area contributed by atoms with Crippen molar-refractivity contribution in [2.24, 2.45) is 0 Å². The normalized spacial score (nSPS) is 14.9. The molecular formula is C25H30N4O3. The third-order valence-electron chi connectivity index (χ3n) is 5.20. The summed E-state index contributed by atoms with van der Waals surface area (Å²) in [6.45, 7) is 7.92. The third kappa shape index (κ3) is 6.48. The fourth-order valence-electron chi connectivity index (χ4n) is 3.70. The molecule has 1 atom stereocenters. The number of hydrogen-bond acceptors (Lipinski definition) is 5. The highest BCUT2D eigenvalue weighted by atomic mass is 16.6. The van der Waals surface area contributed by atoms with Crippen LogP contribution in [-0.2, 0) is 16.0 Å². The Bertz CT molecular complexity index is 971. The zero-order valence-corrected chi connectivity index (χ0v) is 18.9. The molecule has 0 radical (unpaired) electrons. The molecule has 7 nitrogen and oxygen atoms in total. The number of anilines is 1. The lowest BCUT2D eigenvalue weighted by molar-refractivity contribution is -0.133. The van der Waals surface area contributed by atoms with Gasteiger partial charge in [0.2, 0.25) is 5.91 Å². The minimum absolute atomic E-state index is 0.147. The van der Waals surface area contributed by atoms with Gasteiger partial charge in [-0.15, -0.1) is 0 Å². The molecule has 168 valence electrons. The van der Waals surface area contributed by atoms with E-state index in [0.717, 1.165) is 24.3 Å². The Morgan fingerprint density at radius 1 is 1.06 bits per heavy atom. The highest BCUT2D eigenvalue weighted by Crippen LogP contribution is 2.17. The first-order valence-electron chi connectivity index (χ1n) is 10.8. The number of carbonyl (C=O) groups excluding carboxylic acids is 2. The van der Waals surface area contributed by atoms with Gasteiger partial charge in [-0.05, 0) is 50.6 Å². The smallest absolute Gasteiger partial charge is 0.408 e. The van der Waals surface area contributed by atoms with Gasteiger partial charge in [0.1, 0.15) is 11.6 Å². The Labute approximate surface area is 189 Å². The van der Waals surface area contributed by atoms with Gasteiger partial charge in [-0.1, -0.05) is 30.3 Å². The Kier molecular flexibility index (Phi) is 7.37.